The summed E-state index contributed by atoms with van der Waals surface area (Å²) < 4.78 is 4.83. The number of carbonyl (C=O) groups is 1. The van der Waals surface area contributed by atoms with Gasteiger partial charge in [0, 0.05) is 6.42 Å². The zero-order chi connectivity index (χ0) is 19.2. The highest BCUT2D eigenvalue weighted by Crippen LogP contribution is 2.65. The number of fused-ring (bicyclic) bond motifs is 5. The van der Waals surface area contributed by atoms with Gasteiger partial charge in [0.25, 0.3) is 0 Å². The lowest BCUT2D eigenvalue weighted by atomic mass is 9.46. The third kappa shape index (κ3) is 3.16. The molecule has 4 aliphatic carbocycles. The summed E-state index contributed by atoms with van der Waals surface area (Å²) in [5, 5.41) is 11.9. The number of ether oxygens (including phenoxy) is 1. The summed E-state index contributed by atoms with van der Waals surface area (Å²) in [5.41, 5.74) is 0.0612. The first-order chi connectivity index (χ1) is 12.9. The minimum atomic E-state index is -0.478. The van der Waals surface area contributed by atoms with Gasteiger partial charge in [-0.05, 0) is 98.7 Å². The molecule has 154 valence electrons. The van der Waals surface area contributed by atoms with Crippen molar-refractivity contribution >= 4 is 5.97 Å². The predicted molar refractivity (Wildman–Crippen MR) is 107 cm³/mol. The monoisotopic (exact) mass is 376 g/mol. The first-order valence-corrected chi connectivity index (χ1v) is 11.7. The Morgan fingerprint density at radius 3 is 2.67 bits per heavy atom. The van der Waals surface area contributed by atoms with Crippen LogP contribution in [0.1, 0.15) is 90.9 Å². The predicted octanol–water partition coefficient (Wildman–Crippen LogP) is 5.35. The number of aliphatic hydroxyl groups is 1. The van der Waals surface area contributed by atoms with Crippen LogP contribution in [0.3, 0.4) is 0 Å². The van der Waals surface area contributed by atoms with E-state index in [-0.39, 0.29) is 5.97 Å². The van der Waals surface area contributed by atoms with Crippen molar-refractivity contribution in [1.29, 1.82) is 0 Å². The summed E-state index contributed by atoms with van der Waals surface area (Å²) in [4.78, 5) is 11.6. The fourth-order valence-electron chi connectivity index (χ4n) is 8.40. The fourth-order valence-corrected chi connectivity index (χ4v) is 8.40. The van der Waals surface area contributed by atoms with Crippen LogP contribution in [0.5, 0.6) is 0 Å². The Morgan fingerprint density at radius 1 is 1.07 bits per heavy atom. The van der Waals surface area contributed by atoms with E-state index in [1.165, 1.54) is 58.5 Å². The summed E-state index contributed by atoms with van der Waals surface area (Å²) >= 11 is 0. The van der Waals surface area contributed by atoms with E-state index in [1.54, 1.807) is 0 Å². The maximum absolute atomic E-state index is 11.9. The lowest BCUT2D eigenvalue weighted by molar-refractivity contribution is -0.161. The molecule has 0 aromatic heterocycles. The van der Waals surface area contributed by atoms with Gasteiger partial charge < -0.3 is 9.84 Å². The minimum Gasteiger partial charge on any atom is -0.469 e. The van der Waals surface area contributed by atoms with E-state index in [0.717, 1.165) is 37.0 Å². The molecule has 27 heavy (non-hydrogen) atoms. The molecular weight excluding hydrogens is 336 g/mol. The van der Waals surface area contributed by atoms with Gasteiger partial charge in [-0.1, -0.05) is 26.7 Å². The minimum absolute atomic E-state index is 0.115. The van der Waals surface area contributed by atoms with Gasteiger partial charge in [-0.3, -0.25) is 4.79 Å². The molecule has 0 radical (unpaired) electrons. The molecule has 4 rings (SSSR count). The molecule has 0 amide bonds. The Bertz CT molecular complexity index is 560. The van der Waals surface area contributed by atoms with Crippen LogP contribution in [0.4, 0.5) is 0 Å². The Kier molecular flexibility index (Phi) is 5.37. The molecule has 8 atom stereocenters. The largest absolute Gasteiger partial charge is 0.469 e. The third-order valence-electron chi connectivity index (χ3n) is 9.83. The number of hydrogen-bond donors (Lipinski definition) is 1. The molecule has 0 aliphatic heterocycles. The second-order valence-corrected chi connectivity index (χ2v) is 10.7. The molecule has 0 saturated heterocycles. The maximum Gasteiger partial charge on any atom is 0.305 e. The molecule has 0 bridgehead atoms. The summed E-state index contributed by atoms with van der Waals surface area (Å²) in [7, 11) is 1.47. The molecule has 0 spiro atoms. The van der Waals surface area contributed by atoms with Crippen molar-refractivity contribution in [3.8, 4) is 0 Å². The van der Waals surface area contributed by atoms with Crippen LogP contribution in [-0.2, 0) is 9.53 Å². The van der Waals surface area contributed by atoms with Gasteiger partial charge in [0.05, 0.1) is 12.7 Å². The summed E-state index contributed by atoms with van der Waals surface area (Å²) in [5.74, 6) is 3.67. The number of carbonyl (C=O) groups excluding carboxylic acids is 1. The highest BCUT2D eigenvalue weighted by Gasteiger charge is 2.61. The number of rotatable bonds is 4. The van der Waals surface area contributed by atoms with Gasteiger partial charge in [-0.15, -0.1) is 0 Å². The molecule has 4 aliphatic rings. The fraction of sp³-hybridized carbons (Fsp3) is 0.958. The Balaban J connectivity index is 1.49. The van der Waals surface area contributed by atoms with E-state index >= 15 is 0 Å². The average Bonchev–Trinajstić information content (AvgIpc) is 3.02. The zero-order valence-electron chi connectivity index (χ0n) is 17.7. The SMILES string of the molecule is COC(=O)CCC(C)C1CCC2C3CCC4CCCCC4(C)C3CCC12O. The van der Waals surface area contributed by atoms with Gasteiger partial charge in [0.2, 0.25) is 0 Å². The zero-order valence-corrected chi connectivity index (χ0v) is 17.7. The molecule has 4 fully saturated rings. The van der Waals surface area contributed by atoms with Crippen molar-refractivity contribution in [2.24, 2.45) is 40.9 Å². The van der Waals surface area contributed by atoms with Crippen molar-refractivity contribution in [1.82, 2.24) is 0 Å². The molecule has 0 aromatic rings. The molecule has 4 saturated carbocycles. The van der Waals surface area contributed by atoms with Crippen LogP contribution in [0, 0.1) is 40.9 Å². The van der Waals surface area contributed by atoms with Crippen LogP contribution in [-0.4, -0.2) is 23.8 Å². The standard InChI is InChI=1S/C24H40O3/c1-16(7-12-22(25)27-3)19-10-11-21-18-9-8-17-6-4-5-14-23(17,2)20(18)13-15-24(19,21)26/h16-21,26H,4-15H2,1-3H3. The lowest BCUT2D eigenvalue weighted by Gasteiger charge is -2.60. The highest BCUT2D eigenvalue weighted by atomic mass is 16.5. The van der Waals surface area contributed by atoms with Crippen LogP contribution in [0.25, 0.3) is 0 Å². The number of hydrogen-bond acceptors (Lipinski definition) is 3. The van der Waals surface area contributed by atoms with Gasteiger partial charge in [-0.25, -0.2) is 0 Å². The quantitative estimate of drug-likeness (QED) is 0.673. The first-order valence-electron chi connectivity index (χ1n) is 11.7. The van der Waals surface area contributed by atoms with Gasteiger partial charge in [-0.2, -0.15) is 0 Å². The van der Waals surface area contributed by atoms with E-state index in [1.807, 2.05) is 0 Å². The van der Waals surface area contributed by atoms with Crippen LogP contribution in [0.2, 0.25) is 0 Å². The second-order valence-electron chi connectivity index (χ2n) is 10.7. The van der Waals surface area contributed by atoms with Crippen molar-refractivity contribution in [2.45, 2.75) is 96.5 Å². The van der Waals surface area contributed by atoms with Gasteiger partial charge >= 0.3 is 5.97 Å². The average molecular weight is 377 g/mol. The summed E-state index contributed by atoms with van der Waals surface area (Å²) in [6.45, 7) is 4.85. The molecular formula is C24H40O3. The molecule has 1 N–H and O–H groups in total. The maximum atomic E-state index is 11.9. The third-order valence-corrected chi connectivity index (χ3v) is 9.83. The first kappa shape index (κ1) is 19.7. The second kappa shape index (κ2) is 7.35. The van der Waals surface area contributed by atoms with E-state index in [0.29, 0.717) is 29.6 Å². The summed E-state index contributed by atoms with van der Waals surface area (Å²) in [6, 6.07) is 0. The van der Waals surface area contributed by atoms with Gasteiger partial charge in [0.15, 0.2) is 0 Å². The molecule has 8 unspecified atom stereocenters. The summed E-state index contributed by atoms with van der Waals surface area (Å²) in [6.07, 6.45) is 14.4. The van der Waals surface area contributed by atoms with Crippen molar-refractivity contribution in [3.63, 3.8) is 0 Å². The molecule has 0 heterocycles. The van der Waals surface area contributed by atoms with E-state index in [4.69, 9.17) is 4.74 Å². The van der Waals surface area contributed by atoms with Crippen LogP contribution in [0.15, 0.2) is 0 Å². The van der Waals surface area contributed by atoms with Crippen molar-refractivity contribution in [3.05, 3.63) is 0 Å². The highest BCUT2D eigenvalue weighted by molar-refractivity contribution is 5.69. The van der Waals surface area contributed by atoms with Crippen molar-refractivity contribution in [2.75, 3.05) is 7.11 Å². The smallest absolute Gasteiger partial charge is 0.305 e. The Labute approximate surface area is 165 Å². The number of esters is 1. The normalized spacial score (nSPS) is 47.5. The molecule has 3 heteroatoms. The Morgan fingerprint density at radius 2 is 1.89 bits per heavy atom. The van der Waals surface area contributed by atoms with E-state index in [9.17, 15) is 9.90 Å². The molecule has 3 nitrogen and oxygen atoms in total. The van der Waals surface area contributed by atoms with Crippen molar-refractivity contribution < 1.29 is 14.6 Å². The lowest BCUT2D eigenvalue weighted by Crippen LogP contribution is -2.56. The topological polar surface area (TPSA) is 46.5 Å². The van der Waals surface area contributed by atoms with Gasteiger partial charge in [0.1, 0.15) is 0 Å². The van der Waals surface area contributed by atoms with Crippen LogP contribution >= 0.6 is 0 Å². The number of methoxy groups -OCH3 is 1. The van der Waals surface area contributed by atoms with E-state index < -0.39 is 5.60 Å². The Hall–Kier alpha value is -0.570. The molecule has 0 aromatic carbocycles. The van der Waals surface area contributed by atoms with Crippen LogP contribution < -0.4 is 0 Å². The van der Waals surface area contributed by atoms with E-state index in [2.05, 4.69) is 13.8 Å².